The molecule has 4 nitrogen and oxygen atoms in total. The van der Waals surface area contributed by atoms with Gasteiger partial charge in [-0.2, -0.15) is 0 Å². The summed E-state index contributed by atoms with van der Waals surface area (Å²) in [6.07, 6.45) is -0.553. The maximum absolute atomic E-state index is 11.5. The highest BCUT2D eigenvalue weighted by Gasteiger charge is 2.23. The van der Waals surface area contributed by atoms with Gasteiger partial charge in [-0.25, -0.2) is 4.79 Å². The second kappa shape index (κ2) is 5.14. The summed E-state index contributed by atoms with van der Waals surface area (Å²) in [5, 5.41) is 0. The molecule has 0 aromatic heterocycles. The van der Waals surface area contributed by atoms with E-state index in [9.17, 15) is 4.79 Å². The molecule has 2 rings (SSSR count). The molecule has 16 heavy (non-hydrogen) atoms. The van der Waals surface area contributed by atoms with Crippen molar-refractivity contribution in [3.63, 3.8) is 0 Å². The van der Waals surface area contributed by atoms with Crippen LogP contribution in [0.1, 0.15) is 10.4 Å². The number of rotatable bonds is 3. The molecule has 1 aliphatic rings. The Kier molecular flexibility index (Phi) is 3.59. The Morgan fingerprint density at radius 1 is 1.44 bits per heavy atom. The standard InChI is InChI=1S/C11H11BO4/c12-9-6-14-10(16-9)7-15-11(13)8-4-2-1-3-5-8/h1-5,9-10H,6-7H2. The van der Waals surface area contributed by atoms with Crippen LogP contribution in [0.2, 0.25) is 0 Å². The highest BCUT2D eigenvalue weighted by molar-refractivity contribution is 6.11. The van der Waals surface area contributed by atoms with Gasteiger partial charge in [0.1, 0.15) is 14.5 Å². The summed E-state index contributed by atoms with van der Waals surface area (Å²) in [7, 11) is 5.45. The largest absolute Gasteiger partial charge is 0.457 e. The summed E-state index contributed by atoms with van der Waals surface area (Å²) in [6, 6.07) is 8.32. The lowest BCUT2D eigenvalue weighted by Gasteiger charge is -2.10. The average Bonchev–Trinajstić information content (AvgIpc) is 2.73. The van der Waals surface area contributed by atoms with Crippen LogP contribution in [0.5, 0.6) is 0 Å². The van der Waals surface area contributed by atoms with Gasteiger partial charge >= 0.3 is 5.97 Å². The Morgan fingerprint density at radius 3 is 2.81 bits per heavy atom. The molecule has 1 saturated heterocycles. The van der Waals surface area contributed by atoms with Crippen LogP contribution >= 0.6 is 0 Å². The zero-order chi connectivity index (χ0) is 11.4. The van der Waals surface area contributed by atoms with Gasteiger partial charge in [0.25, 0.3) is 0 Å². The molecular formula is C11H11BO4. The summed E-state index contributed by atoms with van der Waals surface area (Å²) in [6.45, 7) is 0.384. The fourth-order valence-corrected chi connectivity index (χ4v) is 1.36. The minimum atomic E-state index is -0.553. The van der Waals surface area contributed by atoms with Crippen LogP contribution in [0.15, 0.2) is 30.3 Å². The molecule has 1 aromatic carbocycles. The molecule has 0 N–H and O–H groups in total. The Labute approximate surface area is 94.9 Å². The van der Waals surface area contributed by atoms with Gasteiger partial charge < -0.3 is 14.2 Å². The van der Waals surface area contributed by atoms with Crippen molar-refractivity contribution in [3.8, 4) is 0 Å². The number of carbonyl (C=O) groups excluding carboxylic acids is 1. The predicted octanol–water partition coefficient (Wildman–Crippen LogP) is 0.711. The van der Waals surface area contributed by atoms with Gasteiger partial charge in [0.2, 0.25) is 0 Å². The fourth-order valence-electron chi connectivity index (χ4n) is 1.36. The molecule has 2 atom stereocenters. The second-order valence-electron chi connectivity index (χ2n) is 3.40. The number of hydrogen-bond donors (Lipinski definition) is 0. The summed E-state index contributed by atoms with van der Waals surface area (Å²) in [5.41, 5.74) is 0.504. The zero-order valence-electron chi connectivity index (χ0n) is 8.67. The molecule has 82 valence electrons. The molecule has 2 unspecified atom stereocenters. The van der Waals surface area contributed by atoms with Crippen LogP contribution < -0.4 is 0 Å². The zero-order valence-corrected chi connectivity index (χ0v) is 8.67. The van der Waals surface area contributed by atoms with E-state index in [1.807, 2.05) is 6.07 Å². The Bertz CT molecular complexity index is 354. The van der Waals surface area contributed by atoms with Gasteiger partial charge in [0, 0.05) is 6.00 Å². The van der Waals surface area contributed by atoms with E-state index >= 15 is 0 Å². The van der Waals surface area contributed by atoms with Crippen molar-refractivity contribution >= 4 is 13.8 Å². The highest BCUT2D eigenvalue weighted by Crippen LogP contribution is 2.10. The SMILES string of the molecule is [B]C1COC(COC(=O)c2ccccc2)O1. The van der Waals surface area contributed by atoms with E-state index in [-0.39, 0.29) is 6.61 Å². The molecule has 1 fully saturated rings. The van der Waals surface area contributed by atoms with E-state index in [1.54, 1.807) is 24.3 Å². The fraction of sp³-hybridized carbons (Fsp3) is 0.364. The van der Waals surface area contributed by atoms with Crippen LogP contribution in [0.4, 0.5) is 0 Å². The summed E-state index contributed by atoms with van der Waals surface area (Å²) in [4.78, 5) is 11.5. The number of esters is 1. The quantitative estimate of drug-likeness (QED) is 0.553. The monoisotopic (exact) mass is 218 g/mol. The lowest BCUT2D eigenvalue weighted by molar-refractivity contribution is -0.0847. The van der Waals surface area contributed by atoms with E-state index < -0.39 is 18.3 Å². The molecule has 0 saturated carbocycles. The lowest BCUT2D eigenvalue weighted by Crippen LogP contribution is -2.20. The van der Waals surface area contributed by atoms with E-state index in [4.69, 9.17) is 22.1 Å². The molecule has 1 aromatic rings. The van der Waals surface area contributed by atoms with E-state index in [0.29, 0.717) is 12.2 Å². The maximum Gasteiger partial charge on any atom is 0.338 e. The van der Waals surface area contributed by atoms with Crippen molar-refractivity contribution in [2.75, 3.05) is 13.2 Å². The molecule has 0 spiro atoms. The van der Waals surface area contributed by atoms with Gasteiger partial charge in [0.15, 0.2) is 6.29 Å². The summed E-state index contributed by atoms with van der Waals surface area (Å²) in [5.74, 6) is -0.395. The predicted molar refractivity (Wildman–Crippen MR) is 57.1 cm³/mol. The molecular weight excluding hydrogens is 207 g/mol. The van der Waals surface area contributed by atoms with E-state index in [1.165, 1.54) is 0 Å². The molecule has 2 radical (unpaired) electrons. The van der Waals surface area contributed by atoms with E-state index in [2.05, 4.69) is 0 Å². The Hall–Kier alpha value is -1.33. The van der Waals surface area contributed by atoms with Crippen molar-refractivity contribution in [1.29, 1.82) is 0 Å². The van der Waals surface area contributed by atoms with Crippen LogP contribution in [-0.4, -0.2) is 39.3 Å². The third kappa shape index (κ3) is 2.84. The topological polar surface area (TPSA) is 44.8 Å². The van der Waals surface area contributed by atoms with Crippen LogP contribution in [0.3, 0.4) is 0 Å². The summed E-state index contributed by atoms with van der Waals surface area (Å²) >= 11 is 0. The van der Waals surface area contributed by atoms with Gasteiger partial charge in [0.05, 0.1) is 12.2 Å². The maximum atomic E-state index is 11.5. The summed E-state index contributed by atoms with van der Waals surface area (Å²) < 4.78 is 15.3. The normalized spacial score (nSPS) is 24.2. The third-order valence-corrected chi connectivity index (χ3v) is 2.13. The minimum absolute atomic E-state index is 0.0570. The average molecular weight is 218 g/mol. The molecule has 0 bridgehead atoms. The third-order valence-electron chi connectivity index (χ3n) is 2.13. The van der Waals surface area contributed by atoms with Crippen molar-refractivity contribution in [2.24, 2.45) is 0 Å². The van der Waals surface area contributed by atoms with Crippen molar-refractivity contribution in [2.45, 2.75) is 12.3 Å². The van der Waals surface area contributed by atoms with Crippen LogP contribution in [0.25, 0.3) is 0 Å². The van der Waals surface area contributed by atoms with Crippen LogP contribution in [-0.2, 0) is 14.2 Å². The molecule has 1 aliphatic heterocycles. The first kappa shape index (κ1) is 11.2. The number of hydrogen-bond acceptors (Lipinski definition) is 4. The molecule has 0 aliphatic carbocycles. The van der Waals surface area contributed by atoms with Gasteiger partial charge in [-0.1, -0.05) is 18.2 Å². The Balaban J connectivity index is 1.80. The number of benzene rings is 1. The molecule has 1 heterocycles. The van der Waals surface area contributed by atoms with E-state index in [0.717, 1.165) is 0 Å². The first-order valence-electron chi connectivity index (χ1n) is 5.00. The van der Waals surface area contributed by atoms with Crippen LogP contribution in [0, 0.1) is 0 Å². The van der Waals surface area contributed by atoms with Crippen molar-refractivity contribution < 1.29 is 19.0 Å². The molecule has 5 heteroatoms. The van der Waals surface area contributed by atoms with Crippen molar-refractivity contribution in [1.82, 2.24) is 0 Å². The second-order valence-corrected chi connectivity index (χ2v) is 3.40. The number of ether oxygens (including phenoxy) is 3. The van der Waals surface area contributed by atoms with Gasteiger partial charge in [-0.05, 0) is 12.1 Å². The smallest absolute Gasteiger partial charge is 0.338 e. The Morgan fingerprint density at radius 2 is 2.19 bits per heavy atom. The molecule has 0 amide bonds. The van der Waals surface area contributed by atoms with Crippen molar-refractivity contribution in [3.05, 3.63) is 35.9 Å². The van der Waals surface area contributed by atoms with Gasteiger partial charge in [-0.15, -0.1) is 0 Å². The van der Waals surface area contributed by atoms with Gasteiger partial charge in [-0.3, -0.25) is 0 Å². The highest BCUT2D eigenvalue weighted by atomic mass is 16.7. The minimum Gasteiger partial charge on any atom is -0.457 e. The first-order chi connectivity index (χ1) is 7.75. The lowest BCUT2D eigenvalue weighted by atomic mass is 10.0. The first-order valence-corrected chi connectivity index (χ1v) is 5.00. The number of carbonyl (C=O) groups is 1.